The van der Waals surface area contributed by atoms with Gasteiger partial charge in [0.25, 0.3) is 0 Å². The highest BCUT2D eigenvalue weighted by molar-refractivity contribution is 7.80. The average Bonchev–Trinajstić information content (AvgIpc) is 2.70. The van der Waals surface area contributed by atoms with Crippen LogP contribution in [0.25, 0.3) is 0 Å². The number of morpholine rings is 1. The van der Waals surface area contributed by atoms with Gasteiger partial charge in [0.15, 0.2) is 5.11 Å². The Labute approximate surface area is 166 Å². The molecular formula is C21H27N3O2S. The van der Waals surface area contributed by atoms with Crippen LogP contribution in [0.4, 0.5) is 5.69 Å². The monoisotopic (exact) mass is 385 g/mol. The number of nitrogens with one attached hydrogen (secondary N) is 2. The number of rotatable bonds is 6. The van der Waals surface area contributed by atoms with E-state index in [1.807, 2.05) is 30.3 Å². The van der Waals surface area contributed by atoms with E-state index < -0.39 is 0 Å². The van der Waals surface area contributed by atoms with Crippen LogP contribution in [0.5, 0.6) is 5.75 Å². The Bertz CT molecular complexity index is 735. The molecule has 0 amide bonds. The van der Waals surface area contributed by atoms with Gasteiger partial charge in [0, 0.05) is 19.1 Å². The standard InChI is InChI=1S/C21H27N3O2S/c1-16(22-21(27)23-18-10-6-7-11-19(18)25-2)20(17-8-4-3-5-9-17)24-12-14-26-15-13-24/h3-11,16,20H,12-15H2,1-2H3,(H2,22,23,27)/t16-,20+/m1/s1. The van der Waals surface area contributed by atoms with Crippen molar-refractivity contribution in [2.75, 3.05) is 38.7 Å². The van der Waals surface area contributed by atoms with E-state index in [9.17, 15) is 0 Å². The third-order valence-electron chi connectivity index (χ3n) is 4.77. The minimum Gasteiger partial charge on any atom is -0.495 e. The molecule has 0 spiro atoms. The van der Waals surface area contributed by atoms with Crippen LogP contribution in [-0.4, -0.2) is 49.5 Å². The topological polar surface area (TPSA) is 45.8 Å². The summed E-state index contributed by atoms with van der Waals surface area (Å²) < 4.78 is 10.9. The highest BCUT2D eigenvalue weighted by atomic mass is 32.1. The average molecular weight is 386 g/mol. The third-order valence-corrected chi connectivity index (χ3v) is 4.99. The van der Waals surface area contributed by atoms with Crippen molar-refractivity contribution in [1.82, 2.24) is 10.2 Å². The highest BCUT2D eigenvalue weighted by Gasteiger charge is 2.28. The molecule has 0 radical (unpaired) electrons. The lowest BCUT2D eigenvalue weighted by Crippen LogP contribution is -2.49. The Morgan fingerprint density at radius 3 is 2.44 bits per heavy atom. The molecule has 144 valence electrons. The van der Waals surface area contributed by atoms with Crippen LogP contribution in [0.2, 0.25) is 0 Å². The zero-order valence-corrected chi connectivity index (χ0v) is 16.7. The summed E-state index contributed by atoms with van der Waals surface area (Å²) in [6.45, 7) is 5.53. The molecule has 2 aromatic rings. The van der Waals surface area contributed by atoms with E-state index in [2.05, 4.69) is 46.7 Å². The van der Waals surface area contributed by atoms with Crippen molar-refractivity contribution in [2.24, 2.45) is 0 Å². The minimum atomic E-state index is 0.125. The number of thiocarbonyl (C=S) groups is 1. The van der Waals surface area contributed by atoms with Gasteiger partial charge in [0.1, 0.15) is 5.75 Å². The fraction of sp³-hybridized carbons (Fsp3) is 0.381. The van der Waals surface area contributed by atoms with Crippen LogP contribution in [0, 0.1) is 0 Å². The van der Waals surface area contributed by atoms with Gasteiger partial charge in [-0.05, 0) is 36.8 Å². The molecule has 3 rings (SSSR count). The smallest absolute Gasteiger partial charge is 0.171 e. The summed E-state index contributed by atoms with van der Waals surface area (Å²) in [6.07, 6.45) is 0. The molecule has 1 saturated heterocycles. The van der Waals surface area contributed by atoms with Crippen molar-refractivity contribution >= 4 is 23.0 Å². The van der Waals surface area contributed by atoms with E-state index in [-0.39, 0.29) is 12.1 Å². The molecule has 1 fully saturated rings. The van der Waals surface area contributed by atoms with Crippen LogP contribution >= 0.6 is 12.2 Å². The molecule has 5 nitrogen and oxygen atoms in total. The number of anilines is 1. The lowest BCUT2D eigenvalue weighted by Gasteiger charge is -2.38. The molecule has 1 aliphatic heterocycles. The number of hydrogen-bond donors (Lipinski definition) is 2. The SMILES string of the molecule is COc1ccccc1NC(=S)N[C@H](C)[C@@H](c1ccccc1)N1CCOCC1. The highest BCUT2D eigenvalue weighted by Crippen LogP contribution is 2.26. The van der Waals surface area contributed by atoms with Gasteiger partial charge in [0.05, 0.1) is 32.1 Å². The zero-order valence-electron chi connectivity index (χ0n) is 15.9. The molecule has 0 aliphatic carbocycles. The molecule has 0 unspecified atom stereocenters. The Hall–Kier alpha value is -2.15. The maximum absolute atomic E-state index is 5.57. The molecule has 0 saturated carbocycles. The zero-order chi connectivity index (χ0) is 19.1. The molecule has 27 heavy (non-hydrogen) atoms. The summed E-state index contributed by atoms with van der Waals surface area (Å²) in [5.74, 6) is 0.766. The summed E-state index contributed by atoms with van der Waals surface area (Å²) in [5, 5.41) is 7.30. The van der Waals surface area contributed by atoms with Gasteiger partial charge in [-0.3, -0.25) is 4.90 Å². The van der Waals surface area contributed by atoms with Gasteiger partial charge in [-0.25, -0.2) is 0 Å². The largest absolute Gasteiger partial charge is 0.495 e. The summed E-state index contributed by atoms with van der Waals surface area (Å²) in [4.78, 5) is 2.46. The molecule has 2 atom stereocenters. The quantitative estimate of drug-likeness (QED) is 0.743. The fourth-order valence-electron chi connectivity index (χ4n) is 3.51. The number of benzene rings is 2. The first kappa shape index (κ1) is 19.6. The van der Waals surface area contributed by atoms with Crippen molar-refractivity contribution in [3.63, 3.8) is 0 Å². The predicted molar refractivity (Wildman–Crippen MR) is 113 cm³/mol. The number of para-hydroxylation sites is 2. The van der Waals surface area contributed by atoms with Gasteiger partial charge in [-0.1, -0.05) is 42.5 Å². The van der Waals surface area contributed by atoms with Crippen molar-refractivity contribution in [3.05, 3.63) is 60.2 Å². The second-order valence-electron chi connectivity index (χ2n) is 6.59. The maximum Gasteiger partial charge on any atom is 0.171 e. The van der Waals surface area contributed by atoms with Crippen LogP contribution in [0.3, 0.4) is 0 Å². The molecule has 6 heteroatoms. The van der Waals surface area contributed by atoms with Crippen LogP contribution in [-0.2, 0) is 4.74 Å². The van der Waals surface area contributed by atoms with E-state index in [4.69, 9.17) is 21.7 Å². The summed E-state index contributed by atoms with van der Waals surface area (Å²) in [7, 11) is 1.66. The Kier molecular flexibility index (Phi) is 7.04. The van der Waals surface area contributed by atoms with Crippen LogP contribution in [0.1, 0.15) is 18.5 Å². The van der Waals surface area contributed by atoms with Crippen molar-refractivity contribution in [1.29, 1.82) is 0 Å². The van der Waals surface area contributed by atoms with Crippen molar-refractivity contribution in [3.8, 4) is 5.75 Å². The van der Waals surface area contributed by atoms with E-state index in [0.717, 1.165) is 37.7 Å². The first-order valence-electron chi connectivity index (χ1n) is 9.26. The van der Waals surface area contributed by atoms with E-state index in [1.54, 1.807) is 7.11 Å². The Morgan fingerprint density at radius 1 is 1.07 bits per heavy atom. The van der Waals surface area contributed by atoms with Crippen molar-refractivity contribution < 1.29 is 9.47 Å². The van der Waals surface area contributed by atoms with Crippen molar-refractivity contribution in [2.45, 2.75) is 19.0 Å². The number of ether oxygens (including phenoxy) is 2. The molecule has 1 heterocycles. The molecular weight excluding hydrogens is 358 g/mol. The van der Waals surface area contributed by atoms with Gasteiger partial charge in [-0.15, -0.1) is 0 Å². The molecule has 0 bridgehead atoms. The normalized spacial score (nSPS) is 17.0. The molecule has 2 aromatic carbocycles. The lowest BCUT2D eigenvalue weighted by atomic mass is 9.98. The van der Waals surface area contributed by atoms with E-state index in [0.29, 0.717) is 5.11 Å². The van der Waals surface area contributed by atoms with Gasteiger partial charge < -0.3 is 20.1 Å². The second kappa shape index (κ2) is 9.69. The van der Waals surface area contributed by atoms with Gasteiger partial charge in [-0.2, -0.15) is 0 Å². The maximum atomic E-state index is 5.57. The van der Waals surface area contributed by atoms with Crippen LogP contribution < -0.4 is 15.4 Å². The first-order valence-corrected chi connectivity index (χ1v) is 9.67. The lowest BCUT2D eigenvalue weighted by molar-refractivity contribution is 0.0102. The first-order chi connectivity index (χ1) is 13.2. The number of nitrogens with zero attached hydrogens (tertiary/aromatic N) is 1. The fourth-order valence-corrected chi connectivity index (χ4v) is 3.81. The second-order valence-corrected chi connectivity index (χ2v) is 7.00. The molecule has 2 N–H and O–H groups in total. The summed E-state index contributed by atoms with van der Waals surface area (Å²) in [5.41, 5.74) is 2.13. The molecule has 0 aromatic heterocycles. The van der Waals surface area contributed by atoms with E-state index >= 15 is 0 Å². The molecule has 1 aliphatic rings. The third kappa shape index (κ3) is 5.19. The summed E-state index contributed by atoms with van der Waals surface area (Å²) >= 11 is 5.57. The number of hydrogen-bond acceptors (Lipinski definition) is 4. The van der Waals surface area contributed by atoms with E-state index in [1.165, 1.54) is 5.56 Å². The van der Waals surface area contributed by atoms with Crippen LogP contribution in [0.15, 0.2) is 54.6 Å². The predicted octanol–water partition coefficient (Wildman–Crippen LogP) is 3.44. The Morgan fingerprint density at radius 2 is 1.74 bits per heavy atom. The number of methoxy groups -OCH3 is 1. The van der Waals surface area contributed by atoms with Gasteiger partial charge >= 0.3 is 0 Å². The minimum absolute atomic E-state index is 0.125. The van der Waals surface area contributed by atoms with Gasteiger partial charge in [0.2, 0.25) is 0 Å². The summed E-state index contributed by atoms with van der Waals surface area (Å²) in [6, 6.07) is 18.7. The Balaban J connectivity index is 1.71.